The highest BCUT2D eigenvalue weighted by molar-refractivity contribution is 5.97. The number of fused-ring (bicyclic) bond motifs is 1. The Morgan fingerprint density at radius 1 is 1.00 bits per heavy atom. The van der Waals surface area contributed by atoms with Gasteiger partial charge in [0.05, 0.1) is 18.2 Å². The molecule has 3 aromatic rings. The van der Waals surface area contributed by atoms with Crippen molar-refractivity contribution in [3.05, 3.63) is 65.4 Å². The lowest BCUT2D eigenvalue weighted by atomic mass is 10.2. The van der Waals surface area contributed by atoms with Gasteiger partial charge >= 0.3 is 5.97 Å². The van der Waals surface area contributed by atoms with E-state index in [1.165, 1.54) is 0 Å². The summed E-state index contributed by atoms with van der Waals surface area (Å²) >= 11 is 0. The molecule has 0 saturated carbocycles. The van der Waals surface area contributed by atoms with Crippen LogP contribution in [-0.2, 0) is 4.74 Å². The fourth-order valence-electron chi connectivity index (χ4n) is 2.85. The van der Waals surface area contributed by atoms with Gasteiger partial charge in [-0.3, -0.25) is 9.36 Å². The summed E-state index contributed by atoms with van der Waals surface area (Å²) in [5, 5.41) is 1.02. The Labute approximate surface area is 145 Å². The van der Waals surface area contributed by atoms with Gasteiger partial charge in [0.1, 0.15) is 5.75 Å². The van der Waals surface area contributed by atoms with Crippen molar-refractivity contribution >= 4 is 22.8 Å². The Hall–Kier alpha value is -3.08. The summed E-state index contributed by atoms with van der Waals surface area (Å²) in [7, 11) is 1.55. The minimum atomic E-state index is -0.540. The van der Waals surface area contributed by atoms with E-state index in [-0.39, 0.29) is 12.5 Å². The van der Waals surface area contributed by atoms with E-state index in [2.05, 4.69) is 0 Å². The second-order valence-corrected chi connectivity index (χ2v) is 5.76. The van der Waals surface area contributed by atoms with E-state index in [1.807, 2.05) is 38.1 Å². The van der Waals surface area contributed by atoms with E-state index in [4.69, 9.17) is 9.47 Å². The fourth-order valence-corrected chi connectivity index (χ4v) is 2.85. The van der Waals surface area contributed by atoms with Gasteiger partial charge in [-0.05, 0) is 49.7 Å². The van der Waals surface area contributed by atoms with Gasteiger partial charge in [0.25, 0.3) is 5.91 Å². The van der Waals surface area contributed by atoms with Crippen molar-refractivity contribution < 1.29 is 19.1 Å². The first-order chi connectivity index (χ1) is 12.0. The number of esters is 1. The molecule has 0 bridgehead atoms. The monoisotopic (exact) mass is 337 g/mol. The van der Waals surface area contributed by atoms with Crippen LogP contribution in [0.5, 0.6) is 5.75 Å². The standard InChI is InChI=1S/C20H19NO4/c1-13-14(2)21(18-7-5-4-6-17(13)18)19(22)12-25-20(23)15-8-10-16(24-3)11-9-15/h4-11H,12H2,1-3H3. The molecule has 0 aliphatic rings. The van der Waals surface area contributed by atoms with Gasteiger partial charge in [0.2, 0.25) is 0 Å². The second kappa shape index (κ2) is 6.81. The Morgan fingerprint density at radius 3 is 2.36 bits per heavy atom. The van der Waals surface area contributed by atoms with Gasteiger partial charge in [-0.25, -0.2) is 4.79 Å². The van der Waals surface area contributed by atoms with E-state index >= 15 is 0 Å². The maximum atomic E-state index is 12.6. The number of carbonyl (C=O) groups is 2. The topological polar surface area (TPSA) is 57.5 Å². The molecule has 5 nitrogen and oxygen atoms in total. The quantitative estimate of drug-likeness (QED) is 0.680. The molecular formula is C20H19NO4. The molecule has 5 heteroatoms. The fraction of sp³-hybridized carbons (Fsp3) is 0.200. The van der Waals surface area contributed by atoms with E-state index in [1.54, 1.807) is 35.9 Å². The Bertz CT molecular complexity index is 938. The molecule has 25 heavy (non-hydrogen) atoms. The minimum absolute atomic E-state index is 0.274. The van der Waals surface area contributed by atoms with Crippen LogP contribution in [-0.4, -0.2) is 30.2 Å². The maximum absolute atomic E-state index is 12.6. The summed E-state index contributed by atoms with van der Waals surface area (Å²) in [5.74, 6) is -0.164. The number of aryl methyl sites for hydroxylation is 1. The maximum Gasteiger partial charge on any atom is 0.338 e. The second-order valence-electron chi connectivity index (χ2n) is 5.76. The third-order valence-corrected chi connectivity index (χ3v) is 4.33. The lowest BCUT2D eigenvalue weighted by Gasteiger charge is -2.08. The van der Waals surface area contributed by atoms with Crippen molar-refractivity contribution in [2.24, 2.45) is 0 Å². The summed E-state index contributed by atoms with van der Waals surface area (Å²) in [6.45, 7) is 3.55. The lowest BCUT2D eigenvalue weighted by Crippen LogP contribution is -2.21. The van der Waals surface area contributed by atoms with Crippen LogP contribution in [0.25, 0.3) is 10.9 Å². The molecule has 0 spiro atoms. The third-order valence-electron chi connectivity index (χ3n) is 4.33. The number of hydrogen-bond donors (Lipinski definition) is 0. The number of hydrogen-bond acceptors (Lipinski definition) is 4. The van der Waals surface area contributed by atoms with Gasteiger partial charge in [-0.2, -0.15) is 0 Å². The molecule has 0 unspecified atom stereocenters. The van der Waals surface area contributed by atoms with Gasteiger partial charge in [0, 0.05) is 11.1 Å². The molecule has 1 aromatic heterocycles. The molecule has 2 aromatic carbocycles. The highest BCUT2D eigenvalue weighted by atomic mass is 16.5. The number of ether oxygens (including phenoxy) is 2. The predicted octanol–water partition coefficient (Wildman–Crippen LogP) is 3.76. The van der Waals surface area contributed by atoms with Gasteiger partial charge in [0.15, 0.2) is 6.61 Å². The van der Waals surface area contributed by atoms with Crippen molar-refractivity contribution in [3.8, 4) is 5.75 Å². The van der Waals surface area contributed by atoms with Crippen molar-refractivity contribution in [1.29, 1.82) is 0 Å². The van der Waals surface area contributed by atoms with Crippen molar-refractivity contribution in [3.63, 3.8) is 0 Å². The number of carbonyl (C=O) groups excluding carboxylic acids is 2. The number of para-hydroxylation sites is 1. The van der Waals surface area contributed by atoms with Crippen LogP contribution in [0, 0.1) is 13.8 Å². The molecule has 0 radical (unpaired) electrons. The number of methoxy groups -OCH3 is 1. The van der Waals surface area contributed by atoms with Crippen LogP contribution in [0.2, 0.25) is 0 Å². The van der Waals surface area contributed by atoms with Crippen molar-refractivity contribution in [1.82, 2.24) is 4.57 Å². The number of aromatic nitrogens is 1. The molecule has 0 fully saturated rings. The van der Waals surface area contributed by atoms with Gasteiger partial charge in [-0.1, -0.05) is 18.2 Å². The first-order valence-electron chi connectivity index (χ1n) is 7.94. The van der Waals surface area contributed by atoms with Crippen LogP contribution in [0.3, 0.4) is 0 Å². The van der Waals surface area contributed by atoms with Crippen LogP contribution < -0.4 is 4.74 Å². The average Bonchev–Trinajstić information content (AvgIpc) is 2.90. The molecule has 0 aliphatic heterocycles. The van der Waals surface area contributed by atoms with Crippen LogP contribution in [0.4, 0.5) is 0 Å². The zero-order chi connectivity index (χ0) is 18.0. The van der Waals surface area contributed by atoms with E-state index < -0.39 is 5.97 Å². The lowest BCUT2D eigenvalue weighted by molar-refractivity contribution is 0.0449. The van der Waals surface area contributed by atoms with E-state index in [0.29, 0.717) is 11.3 Å². The van der Waals surface area contributed by atoms with E-state index in [0.717, 1.165) is 22.2 Å². The van der Waals surface area contributed by atoms with Crippen LogP contribution >= 0.6 is 0 Å². The molecule has 0 saturated heterocycles. The van der Waals surface area contributed by atoms with Crippen molar-refractivity contribution in [2.45, 2.75) is 13.8 Å². The summed E-state index contributed by atoms with van der Waals surface area (Å²) in [5.41, 5.74) is 3.10. The molecule has 1 heterocycles. The third kappa shape index (κ3) is 3.13. The van der Waals surface area contributed by atoms with Crippen LogP contribution in [0.1, 0.15) is 26.4 Å². The first-order valence-corrected chi connectivity index (χ1v) is 7.94. The molecule has 128 valence electrons. The van der Waals surface area contributed by atoms with Gasteiger partial charge < -0.3 is 9.47 Å². The molecule has 0 atom stereocenters. The summed E-state index contributed by atoms with van der Waals surface area (Å²) in [6.07, 6.45) is 0. The zero-order valence-corrected chi connectivity index (χ0v) is 14.4. The van der Waals surface area contributed by atoms with Gasteiger partial charge in [-0.15, -0.1) is 0 Å². The highest BCUT2D eigenvalue weighted by Crippen LogP contribution is 2.24. The van der Waals surface area contributed by atoms with Crippen molar-refractivity contribution in [2.75, 3.05) is 13.7 Å². The molecule has 0 amide bonds. The summed E-state index contributed by atoms with van der Waals surface area (Å²) < 4.78 is 11.8. The first kappa shape index (κ1) is 16.8. The number of rotatable bonds is 4. The molecule has 0 N–H and O–H groups in total. The van der Waals surface area contributed by atoms with Crippen LogP contribution in [0.15, 0.2) is 48.5 Å². The normalized spacial score (nSPS) is 10.7. The Morgan fingerprint density at radius 2 is 1.68 bits per heavy atom. The largest absolute Gasteiger partial charge is 0.497 e. The summed E-state index contributed by atoms with van der Waals surface area (Å²) in [6, 6.07) is 14.2. The molecule has 0 aliphatic carbocycles. The average molecular weight is 337 g/mol. The Balaban J connectivity index is 1.77. The highest BCUT2D eigenvalue weighted by Gasteiger charge is 2.18. The summed E-state index contributed by atoms with van der Waals surface area (Å²) in [4.78, 5) is 24.7. The Kier molecular flexibility index (Phi) is 4.57. The number of nitrogens with zero attached hydrogens (tertiary/aromatic N) is 1. The zero-order valence-electron chi connectivity index (χ0n) is 14.4. The predicted molar refractivity (Wildman–Crippen MR) is 95.3 cm³/mol. The molecule has 3 rings (SSSR count). The SMILES string of the molecule is COc1ccc(C(=O)OCC(=O)n2c(C)c(C)c3ccccc32)cc1. The minimum Gasteiger partial charge on any atom is -0.497 e. The van der Waals surface area contributed by atoms with E-state index in [9.17, 15) is 9.59 Å². The smallest absolute Gasteiger partial charge is 0.338 e. The number of benzene rings is 2. The molecular weight excluding hydrogens is 318 g/mol.